The second-order valence-corrected chi connectivity index (χ2v) is 3.80. The molecule has 1 rings (SSSR count). The molecule has 19 heavy (non-hydrogen) atoms. The lowest BCUT2D eigenvalue weighted by molar-refractivity contribution is -0.144. The molecule has 0 saturated carbocycles. The molecule has 1 amide bonds. The van der Waals surface area contributed by atoms with Crippen molar-refractivity contribution in [1.29, 1.82) is 0 Å². The highest BCUT2D eigenvalue weighted by molar-refractivity contribution is 5.96. The summed E-state index contributed by atoms with van der Waals surface area (Å²) in [5.74, 6) is -1.68. The van der Waals surface area contributed by atoms with E-state index in [4.69, 9.17) is 9.47 Å². The summed E-state index contributed by atoms with van der Waals surface area (Å²) in [6.45, 7) is 3.40. The first-order valence-electron chi connectivity index (χ1n) is 5.80. The van der Waals surface area contributed by atoms with Gasteiger partial charge in [-0.2, -0.15) is 0 Å². The Bertz CT molecular complexity index is 476. The van der Waals surface area contributed by atoms with E-state index >= 15 is 0 Å². The van der Waals surface area contributed by atoms with Crippen molar-refractivity contribution in [3.05, 3.63) is 29.6 Å². The maximum absolute atomic E-state index is 13.4. The van der Waals surface area contributed by atoms with Gasteiger partial charge in [0.25, 0.3) is 5.91 Å². The van der Waals surface area contributed by atoms with Crippen molar-refractivity contribution in [3.63, 3.8) is 0 Å². The number of hydrogen-bond acceptors (Lipinski definition) is 4. The molecule has 6 heteroatoms. The van der Waals surface area contributed by atoms with E-state index < -0.39 is 23.7 Å². The van der Waals surface area contributed by atoms with E-state index in [-0.39, 0.29) is 17.9 Å². The van der Waals surface area contributed by atoms with Gasteiger partial charge in [0.15, 0.2) is 11.6 Å². The number of hydrogen-bond donors (Lipinski definition) is 1. The second kappa shape index (κ2) is 6.72. The summed E-state index contributed by atoms with van der Waals surface area (Å²) in [7, 11) is 1.33. The minimum absolute atomic E-state index is 0.0509. The van der Waals surface area contributed by atoms with Gasteiger partial charge in [0.2, 0.25) is 0 Å². The van der Waals surface area contributed by atoms with E-state index in [2.05, 4.69) is 5.32 Å². The van der Waals surface area contributed by atoms with Gasteiger partial charge >= 0.3 is 5.97 Å². The minimum atomic E-state index is -0.794. The van der Waals surface area contributed by atoms with Crippen molar-refractivity contribution in [2.45, 2.75) is 19.9 Å². The van der Waals surface area contributed by atoms with Crippen molar-refractivity contribution >= 4 is 11.9 Å². The van der Waals surface area contributed by atoms with E-state index in [1.54, 1.807) is 6.92 Å². The van der Waals surface area contributed by atoms with Gasteiger partial charge in [-0.05, 0) is 32.0 Å². The highest BCUT2D eigenvalue weighted by atomic mass is 19.1. The zero-order valence-electron chi connectivity index (χ0n) is 11.0. The predicted molar refractivity (Wildman–Crippen MR) is 66.5 cm³/mol. The van der Waals surface area contributed by atoms with Crippen LogP contribution in [0.5, 0.6) is 5.75 Å². The van der Waals surface area contributed by atoms with Crippen LogP contribution in [-0.2, 0) is 9.53 Å². The average Bonchev–Trinajstić information content (AvgIpc) is 2.38. The average molecular weight is 269 g/mol. The predicted octanol–water partition coefficient (Wildman–Crippen LogP) is 1.52. The van der Waals surface area contributed by atoms with Gasteiger partial charge in [-0.1, -0.05) is 0 Å². The van der Waals surface area contributed by atoms with Gasteiger partial charge in [0.1, 0.15) is 6.04 Å². The summed E-state index contributed by atoms with van der Waals surface area (Å²) in [5.41, 5.74) is 0.106. The summed E-state index contributed by atoms with van der Waals surface area (Å²) >= 11 is 0. The molecule has 1 atom stereocenters. The molecular weight excluding hydrogens is 253 g/mol. The number of benzene rings is 1. The number of ether oxygens (including phenoxy) is 2. The largest absolute Gasteiger partial charge is 0.494 e. The molecule has 0 aliphatic carbocycles. The van der Waals surface area contributed by atoms with Gasteiger partial charge < -0.3 is 14.8 Å². The maximum atomic E-state index is 13.4. The van der Waals surface area contributed by atoms with Crippen LogP contribution in [0.25, 0.3) is 0 Å². The molecule has 0 bridgehead atoms. The van der Waals surface area contributed by atoms with Crippen molar-refractivity contribution < 1.29 is 23.5 Å². The molecule has 0 saturated heterocycles. The number of carbonyl (C=O) groups excluding carboxylic acids is 2. The Balaban J connectivity index is 2.73. The molecule has 0 spiro atoms. The number of nitrogens with one attached hydrogen (secondary N) is 1. The van der Waals surface area contributed by atoms with Crippen LogP contribution in [0.3, 0.4) is 0 Å². The molecule has 0 aromatic heterocycles. The minimum Gasteiger partial charge on any atom is -0.494 e. The van der Waals surface area contributed by atoms with E-state index in [0.717, 1.165) is 6.07 Å². The third kappa shape index (κ3) is 3.94. The van der Waals surface area contributed by atoms with Crippen LogP contribution in [0.4, 0.5) is 4.39 Å². The molecule has 0 aliphatic heterocycles. The number of amides is 1. The van der Waals surface area contributed by atoms with Gasteiger partial charge in [0, 0.05) is 5.56 Å². The third-order valence-electron chi connectivity index (χ3n) is 2.40. The normalized spacial score (nSPS) is 11.6. The fraction of sp³-hybridized carbons (Fsp3) is 0.385. The smallest absolute Gasteiger partial charge is 0.328 e. The van der Waals surface area contributed by atoms with Gasteiger partial charge in [-0.3, -0.25) is 4.79 Å². The lowest BCUT2D eigenvalue weighted by Gasteiger charge is -2.12. The van der Waals surface area contributed by atoms with E-state index in [9.17, 15) is 14.0 Å². The van der Waals surface area contributed by atoms with Crippen LogP contribution in [0, 0.1) is 5.82 Å². The first-order valence-corrected chi connectivity index (χ1v) is 5.80. The quantitative estimate of drug-likeness (QED) is 0.823. The lowest BCUT2D eigenvalue weighted by Crippen LogP contribution is -2.39. The maximum Gasteiger partial charge on any atom is 0.328 e. The number of carbonyl (C=O) groups is 2. The first-order chi connectivity index (χ1) is 8.99. The number of halogens is 1. The van der Waals surface area contributed by atoms with E-state index in [0.29, 0.717) is 0 Å². The molecule has 0 aliphatic rings. The lowest BCUT2D eigenvalue weighted by atomic mass is 10.2. The zero-order valence-corrected chi connectivity index (χ0v) is 11.0. The summed E-state index contributed by atoms with van der Waals surface area (Å²) in [6.07, 6.45) is 0. The fourth-order valence-corrected chi connectivity index (χ4v) is 1.41. The van der Waals surface area contributed by atoms with E-state index in [1.165, 1.54) is 26.2 Å². The highest BCUT2D eigenvalue weighted by Gasteiger charge is 2.18. The molecule has 1 unspecified atom stereocenters. The first kappa shape index (κ1) is 14.9. The van der Waals surface area contributed by atoms with Gasteiger partial charge in [-0.25, -0.2) is 9.18 Å². The number of rotatable bonds is 5. The summed E-state index contributed by atoms with van der Waals surface area (Å²) in [6, 6.07) is 3.01. The second-order valence-electron chi connectivity index (χ2n) is 3.80. The Morgan fingerprint density at radius 3 is 2.63 bits per heavy atom. The van der Waals surface area contributed by atoms with Crippen LogP contribution in [-0.4, -0.2) is 31.6 Å². The summed E-state index contributed by atoms with van der Waals surface area (Å²) in [5, 5.41) is 2.42. The number of esters is 1. The fourth-order valence-electron chi connectivity index (χ4n) is 1.41. The standard InChI is InChI=1S/C13H16FNO4/c1-4-19-13(17)8(2)15-12(16)9-5-6-11(18-3)10(14)7-9/h5-8H,4H2,1-3H3,(H,15,16). The van der Waals surface area contributed by atoms with E-state index in [1.807, 2.05) is 0 Å². The van der Waals surface area contributed by atoms with Gasteiger partial charge in [-0.15, -0.1) is 0 Å². The molecule has 0 radical (unpaired) electrons. The van der Waals surface area contributed by atoms with Gasteiger partial charge in [0.05, 0.1) is 13.7 Å². The summed E-state index contributed by atoms with van der Waals surface area (Å²) in [4.78, 5) is 23.1. The molecule has 1 N–H and O–H groups in total. The molecule has 1 aromatic rings. The third-order valence-corrected chi connectivity index (χ3v) is 2.40. The number of methoxy groups -OCH3 is 1. The monoisotopic (exact) mass is 269 g/mol. The summed E-state index contributed by atoms with van der Waals surface area (Å²) < 4.78 is 22.9. The highest BCUT2D eigenvalue weighted by Crippen LogP contribution is 2.17. The molecule has 5 nitrogen and oxygen atoms in total. The molecular formula is C13H16FNO4. The zero-order chi connectivity index (χ0) is 14.4. The molecule has 104 valence electrons. The Morgan fingerprint density at radius 2 is 2.11 bits per heavy atom. The Morgan fingerprint density at radius 1 is 1.42 bits per heavy atom. The Hall–Kier alpha value is -2.11. The van der Waals surface area contributed by atoms with Crippen LogP contribution in [0.2, 0.25) is 0 Å². The van der Waals surface area contributed by atoms with Crippen molar-refractivity contribution in [2.24, 2.45) is 0 Å². The van der Waals surface area contributed by atoms with Crippen LogP contribution < -0.4 is 10.1 Å². The topological polar surface area (TPSA) is 64.6 Å². The van der Waals surface area contributed by atoms with Crippen LogP contribution in [0.15, 0.2) is 18.2 Å². The molecule has 1 aromatic carbocycles. The van der Waals surface area contributed by atoms with Crippen molar-refractivity contribution in [2.75, 3.05) is 13.7 Å². The van der Waals surface area contributed by atoms with Crippen molar-refractivity contribution in [1.82, 2.24) is 5.32 Å². The Kier molecular flexibility index (Phi) is 5.29. The molecule has 0 heterocycles. The Labute approximate surface area is 110 Å². The SMILES string of the molecule is CCOC(=O)C(C)NC(=O)c1ccc(OC)c(F)c1. The molecule has 0 fully saturated rings. The van der Waals surface area contributed by atoms with Crippen LogP contribution >= 0.6 is 0 Å². The van der Waals surface area contributed by atoms with Crippen LogP contribution in [0.1, 0.15) is 24.2 Å². The van der Waals surface area contributed by atoms with Crippen molar-refractivity contribution in [3.8, 4) is 5.75 Å².